The molecule has 0 saturated heterocycles. The van der Waals surface area contributed by atoms with E-state index in [1.165, 1.54) is 12.1 Å². The molecule has 0 spiro atoms. The number of benzene rings is 1. The summed E-state index contributed by atoms with van der Waals surface area (Å²) in [6.07, 6.45) is 0. The van der Waals surface area contributed by atoms with E-state index in [1.54, 1.807) is 25.3 Å². The number of anilines is 1. The normalized spacial score (nSPS) is 10.0. The highest BCUT2D eigenvalue weighted by Crippen LogP contribution is 2.25. The molecule has 0 aliphatic rings. The first-order valence-corrected chi connectivity index (χ1v) is 6.10. The Labute approximate surface area is 116 Å². The Kier molecular flexibility index (Phi) is 3.96. The lowest BCUT2D eigenvalue weighted by molar-refractivity contribution is 0.102. The molecule has 1 amide bonds. The highest BCUT2D eigenvalue weighted by Gasteiger charge is 2.09. The van der Waals surface area contributed by atoms with Crippen LogP contribution in [0.1, 0.15) is 10.4 Å². The molecule has 0 fully saturated rings. The maximum Gasteiger partial charge on any atom is 0.264 e. The van der Waals surface area contributed by atoms with Gasteiger partial charge in [0.05, 0.1) is 11.6 Å². The van der Waals surface area contributed by atoms with Gasteiger partial charge in [0.1, 0.15) is 5.75 Å². The first-order valence-electron chi connectivity index (χ1n) is 5.31. The molecular weight excluding hydrogens is 314 g/mol. The first kappa shape index (κ1) is 13.3. The largest absolute Gasteiger partial charge is 0.496 e. The highest BCUT2D eigenvalue weighted by atomic mass is 79.9. The lowest BCUT2D eigenvalue weighted by Gasteiger charge is -2.06. The molecule has 0 radical (unpaired) electrons. The molecule has 2 aromatic rings. The van der Waals surface area contributed by atoms with E-state index in [2.05, 4.69) is 31.4 Å². The quantitative estimate of drug-likeness (QED) is 0.902. The molecule has 0 aliphatic carbocycles. The maximum absolute atomic E-state index is 11.9. The van der Waals surface area contributed by atoms with Crippen molar-refractivity contribution in [2.24, 2.45) is 0 Å². The lowest BCUT2D eigenvalue weighted by Crippen LogP contribution is -2.15. The molecular formula is C12H10BrN3O3. The van der Waals surface area contributed by atoms with Crippen LogP contribution in [0.3, 0.4) is 0 Å². The standard InChI is InChI=1S/C12H10BrN3O3/c1-19-9-3-2-7(6-8(9)13)12(18)14-10-4-5-11(17)16-15-10/h2-6H,1H3,(H,16,17)(H,14,15,18). The van der Waals surface area contributed by atoms with Crippen molar-refractivity contribution >= 4 is 27.7 Å². The summed E-state index contributed by atoms with van der Waals surface area (Å²) in [5.41, 5.74) is 0.117. The van der Waals surface area contributed by atoms with Crippen LogP contribution >= 0.6 is 15.9 Å². The number of amides is 1. The van der Waals surface area contributed by atoms with Crippen LogP contribution in [0.5, 0.6) is 5.75 Å². The van der Waals surface area contributed by atoms with Crippen molar-refractivity contribution in [2.75, 3.05) is 12.4 Å². The fraction of sp³-hybridized carbons (Fsp3) is 0.0833. The molecule has 0 bridgehead atoms. The van der Waals surface area contributed by atoms with Gasteiger partial charge in [-0.2, -0.15) is 5.10 Å². The van der Waals surface area contributed by atoms with Crippen molar-refractivity contribution < 1.29 is 9.53 Å². The Morgan fingerprint density at radius 1 is 1.37 bits per heavy atom. The Bertz CT molecular complexity index is 649. The van der Waals surface area contributed by atoms with Crippen molar-refractivity contribution in [2.45, 2.75) is 0 Å². The number of nitrogens with one attached hydrogen (secondary N) is 2. The summed E-state index contributed by atoms with van der Waals surface area (Å²) in [6, 6.07) is 7.66. The third-order valence-electron chi connectivity index (χ3n) is 2.33. The van der Waals surface area contributed by atoms with Gasteiger partial charge in [0, 0.05) is 11.6 Å². The lowest BCUT2D eigenvalue weighted by atomic mass is 10.2. The van der Waals surface area contributed by atoms with E-state index in [0.29, 0.717) is 15.8 Å². The van der Waals surface area contributed by atoms with E-state index in [9.17, 15) is 9.59 Å². The summed E-state index contributed by atoms with van der Waals surface area (Å²) in [5.74, 6) is 0.582. The summed E-state index contributed by atoms with van der Waals surface area (Å²) >= 11 is 3.30. The highest BCUT2D eigenvalue weighted by molar-refractivity contribution is 9.10. The molecule has 98 valence electrons. The van der Waals surface area contributed by atoms with E-state index >= 15 is 0 Å². The van der Waals surface area contributed by atoms with Gasteiger partial charge in [0.2, 0.25) is 0 Å². The van der Waals surface area contributed by atoms with Gasteiger partial charge in [-0.1, -0.05) is 0 Å². The number of halogens is 1. The topological polar surface area (TPSA) is 84.1 Å². The van der Waals surface area contributed by atoms with Crippen LogP contribution in [0.4, 0.5) is 5.82 Å². The Morgan fingerprint density at radius 2 is 2.16 bits per heavy atom. The summed E-state index contributed by atoms with van der Waals surface area (Å²) in [5, 5.41) is 8.50. The zero-order chi connectivity index (χ0) is 13.8. The van der Waals surface area contributed by atoms with Crippen molar-refractivity contribution in [1.29, 1.82) is 0 Å². The molecule has 1 aromatic carbocycles. The van der Waals surface area contributed by atoms with E-state index in [1.807, 2.05) is 0 Å². The number of carbonyl (C=O) groups excluding carboxylic acids is 1. The van der Waals surface area contributed by atoms with Crippen LogP contribution in [0, 0.1) is 0 Å². The van der Waals surface area contributed by atoms with Crippen LogP contribution in [0.2, 0.25) is 0 Å². The molecule has 7 heteroatoms. The molecule has 0 aliphatic heterocycles. The number of carbonyl (C=O) groups is 1. The molecule has 0 unspecified atom stereocenters. The molecule has 19 heavy (non-hydrogen) atoms. The van der Waals surface area contributed by atoms with Gasteiger partial charge >= 0.3 is 0 Å². The Hall–Kier alpha value is -2.15. The number of rotatable bonds is 3. The van der Waals surface area contributed by atoms with E-state index < -0.39 is 0 Å². The molecule has 1 heterocycles. The van der Waals surface area contributed by atoms with Gasteiger partial charge in [0.15, 0.2) is 5.82 Å². The second-order valence-corrected chi connectivity index (χ2v) is 4.46. The smallest absolute Gasteiger partial charge is 0.264 e. The summed E-state index contributed by atoms with van der Waals surface area (Å²) in [6.45, 7) is 0. The number of hydrogen-bond donors (Lipinski definition) is 2. The van der Waals surface area contributed by atoms with Gasteiger partial charge < -0.3 is 10.1 Å². The molecule has 1 aromatic heterocycles. The number of ether oxygens (including phenoxy) is 1. The molecule has 0 saturated carbocycles. The minimum Gasteiger partial charge on any atom is -0.496 e. The average molecular weight is 324 g/mol. The summed E-state index contributed by atoms with van der Waals surface area (Å²) in [4.78, 5) is 22.8. The van der Waals surface area contributed by atoms with Gasteiger partial charge in [0.25, 0.3) is 11.5 Å². The summed E-state index contributed by atoms with van der Waals surface area (Å²) in [7, 11) is 1.55. The third-order valence-corrected chi connectivity index (χ3v) is 2.95. The predicted octanol–water partition coefficient (Wildman–Crippen LogP) is 1.79. The number of methoxy groups -OCH3 is 1. The van der Waals surface area contributed by atoms with Gasteiger partial charge in [-0.25, -0.2) is 5.10 Å². The molecule has 0 atom stereocenters. The van der Waals surface area contributed by atoms with Crippen molar-refractivity contribution in [1.82, 2.24) is 10.2 Å². The van der Waals surface area contributed by atoms with Gasteiger partial charge in [-0.15, -0.1) is 0 Å². The van der Waals surface area contributed by atoms with Crippen molar-refractivity contribution in [3.8, 4) is 5.75 Å². The van der Waals surface area contributed by atoms with E-state index in [0.717, 1.165) is 0 Å². The number of hydrogen-bond acceptors (Lipinski definition) is 4. The number of aromatic amines is 1. The second-order valence-electron chi connectivity index (χ2n) is 3.61. The van der Waals surface area contributed by atoms with Gasteiger partial charge in [-0.05, 0) is 40.2 Å². The van der Waals surface area contributed by atoms with Crippen molar-refractivity contribution in [3.05, 3.63) is 50.7 Å². The molecule has 2 N–H and O–H groups in total. The Morgan fingerprint density at radius 3 is 2.74 bits per heavy atom. The SMILES string of the molecule is COc1ccc(C(=O)Nc2ccc(=O)[nH]n2)cc1Br. The van der Waals surface area contributed by atoms with Crippen LogP contribution in [0.15, 0.2) is 39.6 Å². The monoisotopic (exact) mass is 323 g/mol. The van der Waals surface area contributed by atoms with Crippen LogP contribution in [-0.4, -0.2) is 23.2 Å². The fourth-order valence-electron chi connectivity index (χ4n) is 1.41. The number of nitrogens with zero attached hydrogens (tertiary/aromatic N) is 1. The van der Waals surface area contributed by atoms with Crippen LogP contribution in [0.25, 0.3) is 0 Å². The Balaban J connectivity index is 2.18. The average Bonchev–Trinajstić information content (AvgIpc) is 2.41. The molecule has 2 rings (SSSR count). The third kappa shape index (κ3) is 3.19. The second kappa shape index (κ2) is 5.66. The number of H-pyrrole nitrogens is 1. The van der Waals surface area contributed by atoms with E-state index in [4.69, 9.17) is 4.74 Å². The zero-order valence-electron chi connectivity index (χ0n) is 9.94. The van der Waals surface area contributed by atoms with Crippen molar-refractivity contribution in [3.63, 3.8) is 0 Å². The fourth-order valence-corrected chi connectivity index (χ4v) is 1.95. The maximum atomic E-state index is 11.9. The van der Waals surface area contributed by atoms with E-state index in [-0.39, 0.29) is 17.3 Å². The van der Waals surface area contributed by atoms with Crippen LogP contribution < -0.4 is 15.6 Å². The predicted molar refractivity (Wildman–Crippen MR) is 73.5 cm³/mol. The molecule has 6 nitrogen and oxygen atoms in total. The minimum atomic E-state index is -0.331. The minimum absolute atomic E-state index is 0.275. The van der Waals surface area contributed by atoms with Gasteiger partial charge in [-0.3, -0.25) is 9.59 Å². The first-order chi connectivity index (χ1) is 9.10. The summed E-state index contributed by atoms with van der Waals surface area (Å²) < 4.78 is 5.76. The zero-order valence-corrected chi connectivity index (χ0v) is 11.5. The van der Waals surface area contributed by atoms with Crippen LogP contribution in [-0.2, 0) is 0 Å². The number of aromatic nitrogens is 2.